The van der Waals surface area contributed by atoms with Crippen molar-refractivity contribution in [2.75, 3.05) is 37.0 Å². The Morgan fingerprint density at radius 3 is 2.91 bits per heavy atom. The van der Waals surface area contributed by atoms with Crippen LogP contribution < -0.4 is 11.1 Å². The molecule has 13 nitrogen and oxygen atoms in total. The van der Waals surface area contributed by atoms with E-state index < -0.39 is 28.7 Å². The number of fused-ring (bicyclic) bond motifs is 1. The highest BCUT2D eigenvalue weighted by molar-refractivity contribution is 8.01. The summed E-state index contributed by atoms with van der Waals surface area (Å²) in [5.41, 5.74) is 6.06. The van der Waals surface area contributed by atoms with Crippen LogP contribution in [0.4, 0.5) is 5.13 Å². The van der Waals surface area contributed by atoms with E-state index in [9.17, 15) is 19.5 Å². The van der Waals surface area contributed by atoms with Crippen LogP contribution in [0, 0.1) is 5.41 Å². The summed E-state index contributed by atoms with van der Waals surface area (Å²) in [7, 11) is 0. The lowest BCUT2D eigenvalue weighted by Crippen LogP contribution is -2.74. The summed E-state index contributed by atoms with van der Waals surface area (Å²) >= 11 is 5.02. The molecule has 34 heavy (non-hydrogen) atoms. The van der Waals surface area contributed by atoms with Gasteiger partial charge in [0.25, 0.3) is 5.91 Å². The minimum absolute atomic E-state index is 0.0280. The number of anilines is 1. The first kappa shape index (κ1) is 24.6. The summed E-state index contributed by atoms with van der Waals surface area (Å²) in [6.45, 7) is -0.396. The van der Waals surface area contributed by atoms with Gasteiger partial charge in [0.1, 0.15) is 34.6 Å². The molecular weight excluding hydrogens is 526 g/mol. The van der Waals surface area contributed by atoms with E-state index in [-0.39, 0.29) is 53.7 Å². The van der Waals surface area contributed by atoms with Crippen molar-refractivity contribution in [2.45, 2.75) is 15.8 Å². The third-order valence-electron chi connectivity index (χ3n) is 5.02. The molecule has 0 aliphatic carbocycles. The van der Waals surface area contributed by atoms with Crippen LogP contribution in [0.2, 0.25) is 0 Å². The molecule has 4 rings (SSSR count). The maximum absolute atomic E-state index is 12.9. The number of rotatable bonds is 10. The highest BCUT2D eigenvalue weighted by Crippen LogP contribution is 2.44. The molecule has 5 N–H and O–H groups in total. The van der Waals surface area contributed by atoms with Crippen molar-refractivity contribution in [3.8, 4) is 0 Å². The molecule has 2 fully saturated rings. The van der Waals surface area contributed by atoms with E-state index in [4.69, 9.17) is 15.7 Å². The Morgan fingerprint density at radius 1 is 1.44 bits per heavy atom. The third-order valence-corrected chi connectivity index (χ3v) is 9.43. The fourth-order valence-electron chi connectivity index (χ4n) is 3.29. The highest BCUT2D eigenvalue weighted by Gasteiger charge is 2.57. The summed E-state index contributed by atoms with van der Waals surface area (Å²) in [6.07, 6.45) is 0. The number of aliphatic hydroxyl groups is 1. The zero-order chi connectivity index (χ0) is 24.3. The Hall–Kier alpha value is -2.47. The number of oxime groups is 1. The highest BCUT2D eigenvalue weighted by atomic mass is 32.2. The van der Waals surface area contributed by atoms with Gasteiger partial charge in [-0.2, -0.15) is 0 Å². The van der Waals surface area contributed by atoms with Gasteiger partial charge in [0.2, 0.25) is 5.91 Å². The number of carboxylic acid groups (broad SMARTS) is 1. The van der Waals surface area contributed by atoms with E-state index in [0.29, 0.717) is 4.34 Å². The van der Waals surface area contributed by atoms with Gasteiger partial charge in [-0.1, -0.05) is 28.3 Å². The zero-order valence-electron chi connectivity index (χ0n) is 17.3. The maximum Gasteiger partial charge on any atom is 0.313 e. The second kappa shape index (κ2) is 10.4. The number of thioether (sulfide) groups is 2. The molecule has 2 aliphatic heterocycles. The van der Waals surface area contributed by atoms with Crippen LogP contribution in [0.15, 0.2) is 20.4 Å². The zero-order valence-corrected chi connectivity index (χ0v) is 20.6. The molecular formula is C17H19N7O6S4. The van der Waals surface area contributed by atoms with E-state index in [0.717, 1.165) is 11.3 Å². The normalized spacial score (nSPS) is 24.3. The summed E-state index contributed by atoms with van der Waals surface area (Å²) in [4.78, 5) is 48.3. The van der Waals surface area contributed by atoms with Gasteiger partial charge in [0.05, 0.1) is 6.61 Å². The number of hydrogen-bond acceptors (Lipinski definition) is 14. The number of β-lactam (4-membered cyclic amide) rings is 1. The smallest absolute Gasteiger partial charge is 0.313 e. The number of hydrogen-bond donors (Lipinski definition) is 4. The van der Waals surface area contributed by atoms with Crippen LogP contribution in [0.5, 0.6) is 0 Å². The molecule has 2 saturated heterocycles. The second-order valence-corrected chi connectivity index (χ2v) is 11.3. The number of thiazole rings is 1. The van der Waals surface area contributed by atoms with Gasteiger partial charge in [-0.25, -0.2) is 4.98 Å². The summed E-state index contributed by atoms with van der Waals surface area (Å²) < 4.78 is 0.658. The Bertz CT molecular complexity index is 1100. The fraction of sp³-hybridized carbons (Fsp3) is 0.471. The van der Waals surface area contributed by atoms with Gasteiger partial charge in [-0.15, -0.1) is 33.3 Å². The number of nitrogen functional groups attached to an aromatic ring is 1. The lowest BCUT2D eigenvalue weighted by molar-refractivity contribution is -0.157. The number of aliphatic carboxylic acids is 1. The van der Waals surface area contributed by atoms with Crippen LogP contribution in [0.1, 0.15) is 5.69 Å². The number of nitrogens with zero attached hydrogens (tertiary/aromatic N) is 5. The lowest BCUT2D eigenvalue weighted by Gasteiger charge is -2.53. The molecule has 0 spiro atoms. The molecule has 0 radical (unpaired) electrons. The van der Waals surface area contributed by atoms with Crippen molar-refractivity contribution in [3.05, 3.63) is 16.6 Å². The number of carbonyl (C=O) groups excluding carboxylic acids is 2. The Morgan fingerprint density at radius 2 is 2.26 bits per heavy atom. The number of nitrogens with one attached hydrogen (secondary N) is 1. The van der Waals surface area contributed by atoms with E-state index in [1.807, 2.05) is 0 Å². The monoisotopic (exact) mass is 545 g/mol. The van der Waals surface area contributed by atoms with Gasteiger partial charge in [0.15, 0.2) is 15.2 Å². The molecule has 17 heteroatoms. The van der Waals surface area contributed by atoms with Gasteiger partial charge < -0.3 is 31.0 Å². The van der Waals surface area contributed by atoms with E-state index in [1.54, 1.807) is 5.51 Å². The van der Waals surface area contributed by atoms with Gasteiger partial charge in [-0.3, -0.25) is 14.4 Å². The maximum atomic E-state index is 12.9. The lowest BCUT2D eigenvalue weighted by atomic mass is 9.89. The topological polar surface area (TPSA) is 193 Å². The molecule has 2 aromatic heterocycles. The van der Waals surface area contributed by atoms with Crippen molar-refractivity contribution in [1.82, 2.24) is 25.4 Å². The van der Waals surface area contributed by atoms with Gasteiger partial charge in [0, 0.05) is 23.4 Å². The minimum Gasteiger partial charge on any atom is -0.481 e. The SMILES string of the molecule is Nc1nc(C(=NOCCO)C(=O)NC2C(=O)N3CC(CSc4nncs4)(C(=O)O)CS[C@H]23)cs1. The molecule has 2 unspecified atom stereocenters. The Labute approximate surface area is 209 Å². The first-order valence-corrected chi connectivity index (χ1v) is 13.5. The number of carbonyl (C=O) groups is 3. The van der Waals surface area contributed by atoms with Crippen LogP contribution in [0.3, 0.4) is 0 Å². The van der Waals surface area contributed by atoms with Crippen molar-refractivity contribution in [1.29, 1.82) is 0 Å². The van der Waals surface area contributed by atoms with Crippen LogP contribution in [-0.4, -0.2) is 96.5 Å². The average Bonchev–Trinajstić information content (AvgIpc) is 3.50. The molecule has 2 aliphatic rings. The average molecular weight is 546 g/mol. The number of amides is 2. The number of nitrogens with two attached hydrogens (primary N) is 1. The number of aromatic nitrogens is 3. The van der Waals surface area contributed by atoms with Gasteiger partial charge >= 0.3 is 5.97 Å². The van der Waals surface area contributed by atoms with Crippen LogP contribution >= 0.6 is 46.2 Å². The Balaban J connectivity index is 1.42. The second-order valence-electron chi connectivity index (χ2n) is 7.27. The molecule has 2 aromatic rings. The first-order chi connectivity index (χ1) is 16.3. The molecule has 4 heterocycles. The number of carboxylic acids is 1. The van der Waals surface area contributed by atoms with Crippen molar-refractivity contribution < 1.29 is 29.4 Å². The van der Waals surface area contributed by atoms with Crippen molar-refractivity contribution in [3.63, 3.8) is 0 Å². The summed E-state index contributed by atoms with van der Waals surface area (Å²) in [5.74, 6) is -1.57. The predicted octanol–water partition coefficient (Wildman–Crippen LogP) is -0.447. The summed E-state index contributed by atoms with van der Waals surface area (Å²) in [6, 6.07) is -0.848. The van der Waals surface area contributed by atoms with Crippen LogP contribution in [-0.2, 0) is 19.2 Å². The standard InChI is InChI=1S/C17H19N7O6S4/c18-15-20-8(3-31-15)9(23-30-2-1-25)11(26)21-10-12(27)24-4-17(14(28)29,5-32-13(10)24)6-33-16-22-19-7-34-16/h3,7,10,13,25H,1-2,4-6H2,(H2,18,20)(H,21,26)(H,28,29)/t10?,13-,17?/m1/s1. The van der Waals surface area contributed by atoms with Crippen LogP contribution in [0.25, 0.3) is 0 Å². The quantitative estimate of drug-likeness (QED) is 0.0989. The van der Waals surface area contributed by atoms with E-state index >= 15 is 0 Å². The first-order valence-electron chi connectivity index (χ1n) is 9.72. The van der Waals surface area contributed by atoms with Crippen molar-refractivity contribution in [2.24, 2.45) is 10.6 Å². The molecule has 182 valence electrons. The van der Waals surface area contributed by atoms with E-state index in [2.05, 4.69) is 25.7 Å². The molecule has 0 aromatic carbocycles. The molecule has 0 saturated carbocycles. The molecule has 0 bridgehead atoms. The predicted molar refractivity (Wildman–Crippen MR) is 127 cm³/mol. The summed E-state index contributed by atoms with van der Waals surface area (Å²) in [5, 5.41) is 34.2. The largest absolute Gasteiger partial charge is 0.481 e. The van der Waals surface area contributed by atoms with E-state index in [1.165, 1.54) is 45.1 Å². The molecule has 2 amide bonds. The molecule has 3 atom stereocenters. The van der Waals surface area contributed by atoms with Gasteiger partial charge in [-0.05, 0) is 0 Å². The third kappa shape index (κ3) is 4.97. The number of aliphatic hydroxyl groups excluding tert-OH is 1. The van der Waals surface area contributed by atoms with Crippen molar-refractivity contribution >= 4 is 74.8 Å². The minimum atomic E-state index is -1.15. The fourth-order valence-corrected chi connectivity index (χ4v) is 7.19. The Kier molecular flexibility index (Phi) is 7.56.